The molecule has 0 bridgehead atoms. The van der Waals surface area contributed by atoms with Crippen molar-refractivity contribution in [2.24, 2.45) is 10.9 Å². The Labute approximate surface area is 117 Å². The van der Waals surface area contributed by atoms with Gasteiger partial charge in [-0.15, -0.1) is 0 Å². The molecule has 2 aromatic heterocycles. The number of hydrogen-bond acceptors (Lipinski definition) is 5. The number of nitrogens with two attached hydrogens (primary N) is 1. The van der Waals surface area contributed by atoms with Gasteiger partial charge in [-0.2, -0.15) is 0 Å². The molecule has 4 N–H and O–H groups in total. The first-order valence-electron chi connectivity index (χ1n) is 6.27. The number of nitrogens with zero attached hydrogens (tertiary/aromatic N) is 3. The molecule has 0 aromatic carbocycles. The van der Waals surface area contributed by atoms with E-state index >= 15 is 0 Å². The number of nitrogens with one attached hydrogen (secondary N) is 1. The van der Waals surface area contributed by atoms with Crippen LogP contribution in [0.2, 0.25) is 0 Å². The fraction of sp³-hybridized carbons (Fsp3) is 0.214. The zero-order valence-corrected chi connectivity index (χ0v) is 11.2. The third kappa shape index (κ3) is 3.30. The Kier molecular flexibility index (Phi) is 4.62. The second-order valence-electron chi connectivity index (χ2n) is 4.38. The summed E-state index contributed by atoms with van der Waals surface area (Å²) < 4.78 is 0. The van der Waals surface area contributed by atoms with E-state index in [1.54, 1.807) is 18.6 Å². The lowest BCUT2D eigenvalue weighted by Crippen LogP contribution is -2.23. The van der Waals surface area contributed by atoms with Crippen molar-refractivity contribution in [2.75, 3.05) is 0 Å². The molecule has 0 saturated carbocycles. The topological polar surface area (TPSA) is 96.4 Å². The molecule has 0 radical (unpaired) electrons. The molecule has 20 heavy (non-hydrogen) atoms. The van der Waals surface area contributed by atoms with E-state index in [1.165, 1.54) is 0 Å². The second kappa shape index (κ2) is 6.63. The van der Waals surface area contributed by atoms with Crippen LogP contribution >= 0.6 is 0 Å². The van der Waals surface area contributed by atoms with Crippen molar-refractivity contribution in [3.8, 4) is 0 Å². The summed E-state index contributed by atoms with van der Waals surface area (Å²) in [5.74, 6) is 0.0129. The van der Waals surface area contributed by atoms with Crippen LogP contribution in [0.15, 0.2) is 48.0 Å². The van der Waals surface area contributed by atoms with E-state index in [1.807, 2.05) is 24.3 Å². The lowest BCUT2D eigenvalue weighted by atomic mass is 10.1. The number of pyridine rings is 2. The van der Waals surface area contributed by atoms with E-state index in [4.69, 9.17) is 10.9 Å². The van der Waals surface area contributed by atoms with Crippen molar-refractivity contribution in [1.82, 2.24) is 15.3 Å². The van der Waals surface area contributed by atoms with Gasteiger partial charge in [0.1, 0.15) is 5.69 Å². The maximum atomic E-state index is 8.76. The summed E-state index contributed by atoms with van der Waals surface area (Å²) in [7, 11) is 0. The zero-order valence-electron chi connectivity index (χ0n) is 11.2. The average Bonchev–Trinajstić information content (AvgIpc) is 2.53. The zero-order chi connectivity index (χ0) is 14.4. The molecular weight excluding hydrogens is 254 g/mol. The van der Waals surface area contributed by atoms with Gasteiger partial charge in [-0.25, -0.2) is 0 Å². The molecule has 0 aliphatic rings. The Balaban J connectivity index is 2.08. The largest absolute Gasteiger partial charge is 0.409 e. The van der Waals surface area contributed by atoms with Crippen LogP contribution in [0, 0.1) is 0 Å². The van der Waals surface area contributed by atoms with Crippen molar-refractivity contribution in [2.45, 2.75) is 19.5 Å². The van der Waals surface area contributed by atoms with Gasteiger partial charge in [-0.1, -0.05) is 11.2 Å². The van der Waals surface area contributed by atoms with E-state index in [2.05, 4.69) is 27.4 Å². The predicted octanol–water partition coefficient (Wildman–Crippen LogP) is 1.42. The van der Waals surface area contributed by atoms with Gasteiger partial charge < -0.3 is 16.3 Å². The number of rotatable bonds is 5. The molecule has 6 nitrogen and oxygen atoms in total. The Morgan fingerprint density at radius 1 is 1.35 bits per heavy atom. The number of amidine groups is 1. The normalized spacial score (nSPS) is 13.2. The van der Waals surface area contributed by atoms with Gasteiger partial charge in [0.05, 0.1) is 0 Å². The van der Waals surface area contributed by atoms with Crippen LogP contribution < -0.4 is 11.1 Å². The molecule has 2 heterocycles. The monoisotopic (exact) mass is 271 g/mol. The third-order valence-electron chi connectivity index (χ3n) is 3.05. The lowest BCUT2D eigenvalue weighted by Gasteiger charge is -2.15. The third-order valence-corrected chi connectivity index (χ3v) is 3.05. The smallest absolute Gasteiger partial charge is 0.189 e. The van der Waals surface area contributed by atoms with Gasteiger partial charge in [0.25, 0.3) is 0 Å². The summed E-state index contributed by atoms with van der Waals surface area (Å²) in [4.78, 5) is 8.13. The van der Waals surface area contributed by atoms with E-state index in [9.17, 15) is 0 Å². The summed E-state index contributed by atoms with van der Waals surface area (Å²) in [6.45, 7) is 2.64. The average molecular weight is 271 g/mol. The molecule has 2 rings (SSSR count). The molecule has 6 heteroatoms. The highest BCUT2D eigenvalue weighted by Crippen LogP contribution is 2.12. The van der Waals surface area contributed by atoms with Crippen LogP contribution in [0.1, 0.15) is 29.8 Å². The maximum absolute atomic E-state index is 8.76. The fourth-order valence-electron chi connectivity index (χ4n) is 1.89. The van der Waals surface area contributed by atoms with E-state index in [0.717, 1.165) is 11.1 Å². The molecule has 0 aliphatic heterocycles. The predicted molar refractivity (Wildman–Crippen MR) is 76.2 cm³/mol. The minimum atomic E-state index is 0.0129. The van der Waals surface area contributed by atoms with Crippen LogP contribution in [-0.4, -0.2) is 21.0 Å². The molecule has 0 spiro atoms. The van der Waals surface area contributed by atoms with Gasteiger partial charge in [-0.3, -0.25) is 9.97 Å². The van der Waals surface area contributed by atoms with Crippen molar-refractivity contribution in [3.05, 3.63) is 59.7 Å². The minimum Gasteiger partial charge on any atom is -0.409 e. The highest BCUT2D eigenvalue weighted by atomic mass is 16.4. The Hall–Kier alpha value is -2.47. The highest BCUT2D eigenvalue weighted by Gasteiger charge is 2.10. The summed E-state index contributed by atoms with van der Waals surface area (Å²) in [6.07, 6.45) is 5.14. The molecule has 0 saturated heterocycles. The SMILES string of the molecule is CC(NCc1cccnc1C(N)=NO)c1ccncc1. The first kappa shape index (κ1) is 14.0. The summed E-state index contributed by atoms with van der Waals surface area (Å²) in [6, 6.07) is 7.81. The number of oxime groups is 1. The van der Waals surface area contributed by atoms with Crippen molar-refractivity contribution < 1.29 is 5.21 Å². The molecule has 1 unspecified atom stereocenters. The van der Waals surface area contributed by atoms with E-state index < -0.39 is 0 Å². The van der Waals surface area contributed by atoms with Crippen LogP contribution in [0.3, 0.4) is 0 Å². The molecule has 104 valence electrons. The van der Waals surface area contributed by atoms with Gasteiger partial charge in [0.2, 0.25) is 0 Å². The van der Waals surface area contributed by atoms with Gasteiger partial charge in [0, 0.05) is 31.2 Å². The lowest BCUT2D eigenvalue weighted by molar-refractivity contribution is 0.318. The highest BCUT2D eigenvalue weighted by molar-refractivity contribution is 5.96. The van der Waals surface area contributed by atoms with Crippen LogP contribution in [-0.2, 0) is 6.54 Å². The summed E-state index contributed by atoms with van der Waals surface area (Å²) in [5.41, 5.74) is 8.13. The van der Waals surface area contributed by atoms with Gasteiger partial charge >= 0.3 is 0 Å². The van der Waals surface area contributed by atoms with Gasteiger partial charge in [-0.05, 0) is 36.2 Å². The Morgan fingerprint density at radius 2 is 2.10 bits per heavy atom. The first-order valence-corrected chi connectivity index (χ1v) is 6.27. The molecule has 0 aliphatic carbocycles. The molecule has 1 atom stereocenters. The summed E-state index contributed by atoms with van der Waals surface area (Å²) >= 11 is 0. The Morgan fingerprint density at radius 3 is 2.80 bits per heavy atom. The van der Waals surface area contributed by atoms with Crippen molar-refractivity contribution >= 4 is 5.84 Å². The molecule has 0 fully saturated rings. The minimum absolute atomic E-state index is 0.0129. The summed E-state index contributed by atoms with van der Waals surface area (Å²) in [5, 5.41) is 15.1. The number of aromatic nitrogens is 2. The first-order chi connectivity index (χ1) is 9.72. The number of hydrogen-bond donors (Lipinski definition) is 3. The van der Waals surface area contributed by atoms with Gasteiger partial charge in [0.15, 0.2) is 5.84 Å². The van der Waals surface area contributed by atoms with E-state index in [0.29, 0.717) is 12.2 Å². The fourth-order valence-corrected chi connectivity index (χ4v) is 1.89. The molecular formula is C14H17N5O. The standard InChI is InChI=1S/C14H17N5O/c1-10(11-4-7-16-8-5-11)18-9-12-3-2-6-17-13(12)14(15)19-20/h2-8,10,18,20H,9H2,1H3,(H2,15,19). The second-order valence-corrected chi connectivity index (χ2v) is 4.38. The van der Waals surface area contributed by atoms with Crippen LogP contribution in [0.5, 0.6) is 0 Å². The van der Waals surface area contributed by atoms with Crippen LogP contribution in [0.25, 0.3) is 0 Å². The maximum Gasteiger partial charge on any atom is 0.189 e. The van der Waals surface area contributed by atoms with Crippen LogP contribution in [0.4, 0.5) is 0 Å². The van der Waals surface area contributed by atoms with Crippen molar-refractivity contribution in [1.29, 1.82) is 0 Å². The Bertz CT molecular complexity index is 585. The van der Waals surface area contributed by atoms with E-state index in [-0.39, 0.29) is 11.9 Å². The molecule has 2 aromatic rings. The van der Waals surface area contributed by atoms with Crippen molar-refractivity contribution in [3.63, 3.8) is 0 Å². The quantitative estimate of drug-likeness (QED) is 0.331. The molecule has 0 amide bonds.